The quantitative estimate of drug-likeness (QED) is 0.401. The average Bonchev–Trinajstić information content (AvgIpc) is 3.19. The van der Waals surface area contributed by atoms with Crippen LogP contribution in [0.2, 0.25) is 0 Å². The minimum absolute atomic E-state index is 0.166. The summed E-state index contributed by atoms with van der Waals surface area (Å²) in [5.74, 6) is -0.975. The van der Waals surface area contributed by atoms with Crippen molar-refractivity contribution in [3.63, 3.8) is 0 Å². The molecule has 3 aromatic carbocycles. The molecule has 0 aliphatic carbocycles. The van der Waals surface area contributed by atoms with Gasteiger partial charge in [0.15, 0.2) is 4.80 Å². The Balaban J connectivity index is 1.84. The van der Waals surface area contributed by atoms with Crippen molar-refractivity contribution in [3.05, 3.63) is 133 Å². The van der Waals surface area contributed by atoms with E-state index in [-0.39, 0.29) is 17.7 Å². The highest BCUT2D eigenvalue weighted by Crippen LogP contribution is 2.35. The summed E-state index contributed by atoms with van der Waals surface area (Å²) in [6, 6.07) is 23.8. The van der Waals surface area contributed by atoms with Crippen molar-refractivity contribution in [1.29, 1.82) is 0 Å². The zero-order chi connectivity index (χ0) is 24.4. The molecular formula is C28H21FN2O3S. The normalized spacial score (nSPS) is 15.5. The topological polar surface area (TPSA) is 60.7 Å². The zero-order valence-corrected chi connectivity index (χ0v) is 19.7. The lowest BCUT2D eigenvalue weighted by Gasteiger charge is -2.25. The minimum Gasteiger partial charge on any atom is -0.463 e. The van der Waals surface area contributed by atoms with E-state index in [0.29, 0.717) is 20.6 Å². The molecular weight excluding hydrogens is 463 g/mol. The van der Waals surface area contributed by atoms with Crippen LogP contribution in [-0.4, -0.2) is 17.1 Å². The number of hydrogen-bond donors (Lipinski definition) is 0. The van der Waals surface area contributed by atoms with Gasteiger partial charge in [0.25, 0.3) is 5.56 Å². The Bertz CT molecular complexity index is 1590. The summed E-state index contributed by atoms with van der Waals surface area (Å²) in [5.41, 5.74) is 2.59. The van der Waals surface area contributed by atoms with Crippen molar-refractivity contribution >= 4 is 29.1 Å². The highest BCUT2D eigenvalue weighted by atomic mass is 32.1. The minimum atomic E-state index is -0.820. The van der Waals surface area contributed by atoms with Gasteiger partial charge in [-0.1, -0.05) is 84.1 Å². The second-order valence-electron chi connectivity index (χ2n) is 7.89. The van der Waals surface area contributed by atoms with Gasteiger partial charge in [-0.2, -0.15) is 0 Å². The van der Waals surface area contributed by atoms with E-state index in [1.165, 1.54) is 28.0 Å². The van der Waals surface area contributed by atoms with Gasteiger partial charge in [0.1, 0.15) is 5.82 Å². The molecule has 7 heteroatoms. The molecule has 0 fully saturated rings. The SMILES string of the molecule is CCOC(=O)C1=C(c2ccccc2)N=c2s/c(=C\c3ccccc3)c(=O)n2[C@H]1c1ccc(F)cc1. The summed E-state index contributed by atoms with van der Waals surface area (Å²) >= 11 is 1.25. The zero-order valence-electron chi connectivity index (χ0n) is 18.9. The third kappa shape index (κ3) is 4.38. The maximum Gasteiger partial charge on any atom is 0.338 e. The number of aromatic nitrogens is 1. The van der Waals surface area contributed by atoms with Crippen LogP contribution < -0.4 is 14.9 Å². The van der Waals surface area contributed by atoms with Crippen LogP contribution in [-0.2, 0) is 9.53 Å². The Hall–Kier alpha value is -4.10. The number of ether oxygens (including phenoxy) is 1. The van der Waals surface area contributed by atoms with E-state index in [4.69, 9.17) is 9.73 Å². The highest BCUT2D eigenvalue weighted by Gasteiger charge is 2.35. The number of carbonyl (C=O) groups excluding carboxylic acids is 1. The summed E-state index contributed by atoms with van der Waals surface area (Å²) < 4.78 is 21.2. The van der Waals surface area contributed by atoms with E-state index in [0.717, 1.165) is 11.1 Å². The number of thiazole rings is 1. The summed E-state index contributed by atoms with van der Waals surface area (Å²) in [5, 5.41) is 0. The first kappa shape index (κ1) is 22.7. The number of fused-ring (bicyclic) bond motifs is 1. The van der Waals surface area contributed by atoms with Gasteiger partial charge < -0.3 is 4.74 Å². The first-order valence-electron chi connectivity index (χ1n) is 11.2. The molecule has 0 unspecified atom stereocenters. The molecule has 35 heavy (non-hydrogen) atoms. The molecule has 0 spiro atoms. The molecule has 5 rings (SSSR count). The Morgan fingerprint density at radius 2 is 1.69 bits per heavy atom. The van der Waals surface area contributed by atoms with Gasteiger partial charge in [0, 0.05) is 5.56 Å². The number of hydrogen-bond acceptors (Lipinski definition) is 5. The number of carbonyl (C=O) groups is 1. The molecule has 1 aliphatic heterocycles. The summed E-state index contributed by atoms with van der Waals surface area (Å²) in [6.07, 6.45) is 1.81. The van der Waals surface area contributed by atoms with Gasteiger partial charge in [0.2, 0.25) is 0 Å². The molecule has 4 aromatic rings. The lowest BCUT2D eigenvalue weighted by atomic mass is 9.93. The van der Waals surface area contributed by atoms with Crippen LogP contribution in [0.5, 0.6) is 0 Å². The Morgan fingerprint density at radius 3 is 2.34 bits per heavy atom. The maximum absolute atomic E-state index is 13.8. The van der Waals surface area contributed by atoms with Gasteiger partial charge in [-0.05, 0) is 36.3 Å². The standard InChI is InChI=1S/C28H21FN2O3S/c1-2-34-27(33)23-24(19-11-7-4-8-12-19)30-28-31(25(23)20-13-15-21(29)16-14-20)26(32)22(35-28)17-18-9-5-3-6-10-18/h3-17,25H,2H2,1H3/b22-17-/t25-/m0/s1. The summed E-state index contributed by atoms with van der Waals surface area (Å²) in [7, 11) is 0. The van der Waals surface area contributed by atoms with Gasteiger partial charge in [-0.15, -0.1) is 0 Å². The smallest absolute Gasteiger partial charge is 0.338 e. The largest absolute Gasteiger partial charge is 0.463 e. The Morgan fingerprint density at radius 1 is 1.03 bits per heavy atom. The number of esters is 1. The molecule has 0 amide bonds. The molecule has 0 radical (unpaired) electrons. The molecule has 1 aromatic heterocycles. The van der Waals surface area contributed by atoms with E-state index in [2.05, 4.69) is 0 Å². The fourth-order valence-corrected chi connectivity index (χ4v) is 5.10. The number of halogens is 1. The van der Waals surface area contributed by atoms with Crippen molar-refractivity contribution in [2.45, 2.75) is 13.0 Å². The van der Waals surface area contributed by atoms with Gasteiger partial charge >= 0.3 is 5.97 Å². The average molecular weight is 485 g/mol. The summed E-state index contributed by atoms with van der Waals surface area (Å²) in [4.78, 5) is 32.2. The van der Waals surface area contributed by atoms with Crippen LogP contribution in [0.3, 0.4) is 0 Å². The highest BCUT2D eigenvalue weighted by molar-refractivity contribution is 7.07. The van der Waals surface area contributed by atoms with Crippen molar-refractivity contribution < 1.29 is 13.9 Å². The molecule has 0 saturated carbocycles. The second-order valence-corrected chi connectivity index (χ2v) is 8.90. The fraction of sp³-hybridized carbons (Fsp3) is 0.107. The number of benzene rings is 3. The monoisotopic (exact) mass is 484 g/mol. The first-order chi connectivity index (χ1) is 17.1. The van der Waals surface area contributed by atoms with Crippen LogP contribution in [0.1, 0.15) is 29.7 Å². The van der Waals surface area contributed by atoms with Crippen LogP contribution in [0.25, 0.3) is 11.8 Å². The summed E-state index contributed by atoms with van der Waals surface area (Å²) in [6.45, 7) is 1.89. The van der Waals surface area contributed by atoms with E-state index >= 15 is 0 Å². The van der Waals surface area contributed by atoms with Crippen molar-refractivity contribution in [1.82, 2.24) is 4.57 Å². The Labute approximate surface area is 204 Å². The van der Waals surface area contributed by atoms with E-state index < -0.39 is 17.8 Å². The first-order valence-corrected chi connectivity index (χ1v) is 12.0. The molecule has 0 N–H and O–H groups in total. The molecule has 1 atom stereocenters. The van der Waals surface area contributed by atoms with Crippen molar-refractivity contribution in [3.8, 4) is 0 Å². The van der Waals surface area contributed by atoms with Crippen LogP contribution in [0.4, 0.5) is 4.39 Å². The third-order valence-electron chi connectivity index (χ3n) is 5.66. The molecule has 0 saturated heterocycles. The van der Waals surface area contributed by atoms with E-state index in [1.54, 1.807) is 19.1 Å². The number of rotatable bonds is 5. The third-order valence-corrected chi connectivity index (χ3v) is 6.64. The molecule has 2 heterocycles. The molecule has 174 valence electrons. The molecule has 1 aliphatic rings. The number of nitrogens with zero attached hydrogens (tertiary/aromatic N) is 2. The van der Waals surface area contributed by atoms with Crippen LogP contribution >= 0.6 is 11.3 Å². The molecule has 5 nitrogen and oxygen atoms in total. The van der Waals surface area contributed by atoms with Gasteiger partial charge in [-0.3, -0.25) is 9.36 Å². The van der Waals surface area contributed by atoms with Crippen LogP contribution in [0, 0.1) is 5.82 Å². The lowest BCUT2D eigenvalue weighted by Crippen LogP contribution is -2.40. The second kappa shape index (κ2) is 9.64. The Kier molecular flexibility index (Phi) is 6.25. The van der Waals surface area contributed by atoms with E-state index in [1.807, 2.05) is 66.7 Å². The molecule has 0 bridgehead atoms. The predicted octanol–water partition coefficient (Wildman–Crippen LogP) is 4.07. The van der Waals surface area contributed by atoms with E-state index in [9.17, 15) is 14.0 Å². The van der Waals surface area contributed by atoms with Crippen molar-refractivity contribution in [2.75, 3.05) is 6.61 Å². The van der Waals surface area contributed by atoms with Crippen molar-refractivity contribution in [2.24, 2.45) is 4.99 Å². The lowest BCUT2D eigenvalue weighted by molar-refractivity contribution is -0.138. The van der Waals surface area contributed by atoms with Crippen LogP contribution in [0.15, 0.2) is 100 Å². The predicted molar refractivity (Wildman–Crippen MR) is 134 cm³/mol. The van der Waals surface area contributed by atoms with Gasteiger partial charge in [0.05, 0.1) is 28.5 Å². The fourth-order valence-electron chi connectivity index (χ4n) is 4.10. The van der Waals surface area contributed by atoms with Gasteiger partial charge in [-0.25, -0.2) is 14.2 Å². The maximum atomic E-state index is 13.8.